The maximum Gasteiger partial charge on any atom is 0.0404 e. The molecule has 3 rings (SSSR count). The molecule has 0 amide bonds. The van der Waals surface area contributed by atoms with Gasteiger partial charge in [0.2, 0.25) is 0 Å². The first kappa shape index (κ1) is 22.7. The number of aryl methyl sites for hydroxylation is 1. The van der Waals surface area contributed by atoms with Gasteiger partial charge in [0.1, 0.15) is 0 Å². The number of rotatable bonds is 2. The number of benzene rings is 2. The van der Waals surface area contributed by atoms with Crippen molar-refractivity contribution in [2.75, 3.05) is 38.1 Å². The number of nitrogens with zero attached hydrogens (tertiary/aromatic N) is 3. The van der Waals surface area contributed by atoms with Crippen LogP contribution in [0, 0.1) is 13.8 Å². The van der Waals surface area contributed by atoms with Crippen molar-refractivity contribution in [3.8, 4) is 11.1 Å². The molecule has 1 fully saturated rings. The lowest BCUT2D eigenvalue weighted by Gasteiger charge is -2.34. The second kappa shape index (κ2) is 12.1. The lowest BCUT2D eigenvalue weighted by molar-refractivity contribution is 0.313. The fourth-order valence-electron chi connectivity index (χ4n) is 3.01. The van der Waals surface area contributed by atoms with Gasteiger partial charge < -0.3 is 15.0 Å². The predicted octanol–water partition coefficient (Wildman–Crippen LogP) is 5.21. The fourth-order valence-corrected chi connectivity index (χ4v) is 3.01. The molecule has 1 N–H and O–H groups in total. The van der Waals surface area contributed by atoms with Crippen molar-refractivity contribution in [2.45, 2.75) is 34.6 Å². The van der Waals surface area contributed by atoms with E-state index in [-0.39, 0.29) is 0 Å². The van der Waals surface area contributed by atoms with Crippen LogP contribution in [0.2, 0.25) is 0 Å². The standard InChI is InChI=1S/C19H24N2.C2H5NO.C2H6/c1-15-13-18(21-11-9-20(3)10-12-21)14-19(16(15)2)17-7-5-4-6-8-17;1-2-3-4;1-2/h4-8,13-14H,9-12H2,1-3H3;2,4H,1H3;1-2H3/b;3-2-;. The number of hydrogen-bond donors (Lipinski definition) is 1. The SMILES string of the molecule is C/C=N\O.CC.Cc1cc(N2CCN(C)CC2)cc(-c2ccccc2)c1C. The van der Waals surface area contributed by atoms with Crippen LogP contribution in [0.15, 0.2) is 47.6 Å². The van der Waals surface area contributed by atoms with E-state index in [2.05, 4.69) is 78.3 Å². The summed E-state index contributed by atoms with van der Waals surface area (Å²) in [6.07, 6.45) is 1.31. The molecular weight excluding hydrogens is 334 g/mol. The van der Waals surface area contributed by atoms with E-state index in [1.807, 2.05) is 13.8 Å². The van der Waals surface area contributed by atoms with Gasteiger partial charge in [-0.25, -0.2) is 0 Å². The first-order chi connectivity index (χ1) is 13.1. The molecule has 0 aromatic heterocycles. The Morgan fingerprint density at radius 1 is 0.963 bits per heavy atom. The van der Waals surface area contributed by atoms with Crippen LogP contribution in [0.25, 0.3) is 11.1 Å². The van der Waals surface area contributed by atoms with Gasteiger partial charge in [-0.05, 0) is 62.2 Å². The van der Waals surface area contributed by atoms with E-state index in [1.165, 1.54) is 34.2 Å². The number of hydrogen-bond acceptors (Lipinski definition) is 4. The Balaban J connectivity index is 0.000000541. The van der Waals surface area contributed by atoms with Crippen molar-refractivity contribution >= 4 is 11.9 Å². The van der Waals surface area contributed by atoms with E-state index in [4.69, 9.17) is 5.21 Å². The van der Waals surface area contributed by atoms with Crippen molar-refractivity contribution in [3.63, 3.8) is 0 Å². The summed E-state index contributed by atoms with van der Waals surface area (Å²) in [4.78, 5) is 4.91. The molecule has 0 radical (unpaired) electrons. The summed E-state index contributed by atoms with van der Waals surface area (Å²) in [5, 5.41) is 10.1. The molecule has 4 nitrogen and oxygen atoms in total. The van der Waals surface area contributed by atoms with E-state index in [0.29, 0.717) is 0 Å². The topological polar surface area (TPSA) is 39.1 Å². The molecule has 0 atom stereocenters. The molecule has 0 unspecified atom stereocenters. The third kappa shape index (κ3) is 6.72. The average Bonchev–Trinajstić information content (AvgIpc) is 2.73. The van der Waals surface area contributed by atoms with Gasteiger partial charge in [0, 0.05) is 38.1 Å². The second-order valence-electron chi connectivity index (χ2n) is 6.47. The summed E-state index contributed by atoms with van der Waals surface area (Å²) in [6, 6.07) is 15.4. The Morgan fingerprint density at radius 2 is 1.52 bits per heavy atom. The minimum Gasteiger partial charge on any atom is -0.411 e. The molecule has 2 aromatic rings. The van der Waals surface area contributed by atoms with E-state index in [9.17, 15) is 0 Å². The van der Waals surface area contributed by atoms with Gasteiger partial charge in [-0.3, -0.25) is 0 Å². The van der Waals surface area contributed by atoms with Crippen LogP contribution >= 0.6 is 0 Å². The van der Waals surface area contributed by atoms with Crippen LogP contribution in [-0.4, -0.2) is 49.5 Å². The summed E-state index contributed by atoms with van der Waals surface area (Å²) in [5.41, 5.74) is 6.81. The Kier molecular flexibility index (Phi) is 10.2. The molecule has 0 spiro atoms. The smallest absolute Gasteiger partial charge is 0.0404 e. The quantitative estimate of drug-likeness (QED) is 0.448. The molecule has 1 aliphatic rings. The highest BCUT2D eigenvalue weighted by Crippen LogP contribution is 2.31. The maximum absolute atomic E-state index is 7.44. The molecular formula is C23H35N3O. The van der Waals surface area contributed by atoms with Crippen molar-refractivity contribution in [1.29, 1.82) is 0 Å². The Labute approximate surface area is 165 Å². The molecule has 148 valence electrons. The predicted molar refractivity (Wildman–Crippen MR) is 118 cm³/mol. The molecule has 0 saturated carbocycles. The lowest BCUT2D eigenvalue weighted by atomic mass is 9.95. The van der Waals surface area contributed by atoms with E-state index >= 15 is 0 Å². The van der Waals surface area contributed by atoms with E-state index in [0.717, 1.165) is 26.2 Å². The van der Waals surface area contributed by atoms with Gasteiger partial charge in [0.05, 0.1) is 0 Å². The van der Waals surface area contributed by atoms with Gasteiger partial charge >= 0.3 is 0 Å². The van der Waals surface area contributed by atoms with Crippen LogP contribution in [0.4, 0.5) is 5.69 Å². The molecule has 1 saturated heterocycles. The lowest BCUT2D eigenvalue weighted by Crippen LogP contribution is -2.44. The zero-order valence-electron chi connectivity index (χ0n) is 17.7. The third-order valence-corrected chi connectivity index (χ3v) is 4.72. The van der Waals surface area contributed by atoms with Crippen LogP contribution in [0.3, 0.4) is 0 Å². The van der Waals surface area contributed by atoms with Crippen molar-refractivity contribution in [3.05, 3.63) is 53.6 Å². The minimum atomic E-state index is 1.12. The van der Waals surface area contributed by atoms with Crippen molar-refractivity contribution in [1.82, 2.24) is 4.90 Å². The number of likely N-dealkylation sites (N-methyl/N-ethyl adjacent to an activating group) is 1. The third-order valence-electron chi connectivity index (χ3n) is 4.72. The molecule has 0 aliphatic carbocycles. The summed E-state index contributed by atoms with van der Waals surface area (Å²) >= 11 is 0. The Bertz CT molecular complexity index is 686. The molecule has 4 heteroatoms. The van der Waals surface area contributed by atoms with Crippen LogP contribution in [0.1, 0.15) is 31.9 Å². The average molecular weight is 370 g/mol. The zero-order chi connectivity index (χ0) is 20.2. The number of piperazine rings is 1. The number of oxime groups is 1. The zero-order valence-corrected chi connectivity index (χ0v) is 17.7. The van der Waals surface area contributed by atoms with Crippen LogP contribution in [0.5, 0.6) is 0 Å². The van der Waals surface area contributed by atoms with E-state index in [1.54, 1.807) is 6.92 Å². The number of anilines is 1. The Hall–Kier alpha value is -2.33. The molecule has 0 bridgehead atoms. The normalized spacial score (nSPS) is 14.2. The van der Waals surface area contributed by atoms with Crippen molar-refractivity contribution < 1.29 is 5.21 Å². The van der Waals surface area contributed by atoms with Crippen LogP contribution < -0.4 is 4.90 Å². The monoisotopic (exact) mass is 369 g/mol. The first-order valence-electron chi connectivity index (χ1n) is 9.79. The van der Waals surface area contributed by atoms with Gasteiger partial charge in [-0.1, -0.05) is 44.2 Å². The Morgan fingerprint density at radius 3 is 2.04 bits per heavy atom. The maximum atomic E-state index is 7.44. The summed E-state index contributed by atoms with van der Waals surface area (Å²) in [5.74, 6) is 0. The summed E-state index contributed by atoms with van der Waals surface area (Å²) in [7, 11) is 2.20. The van der Waals surface area contributed by atoms with E-state index < -0.39 is 0 Å². The van der Waals surface area contributed by atoms with Gasteiger partial charge in [0.15, 0.2) is 0 Å². The second-order valence-corrected chi connectivity index (χ2v) is 6.47. The highest BCUT2D eigenvalue weighted by Gasteiger charge is 2.16. The van der Waals surface area contributed by atoms with Gasteiger partial charge in [-0.2, -0.15) is 0 Å². The molecule has 1 aliphatic heterocycles. The highest BCUT2D eigenvalue weighted by molar-refractivity contribution is 5.73. The van der Waals surface area contributed by atoms with Crippen molar-refractivity contribution in [2.24, 2.45) is 5.16 Å². The molecule has 2 aromatic carbocycles. The van der Waals surface area contributed by atoms with Gasteiger partial charge in [-0.15, -0.1) is 5.16 Å². The summed E-state index contributed by atoms with van der Waals surface area (Å²) < 4.78 is 0. The molecule has 27 heavy (non-hydrogen) atoms. The van der Waals surface area contributed by atoms with Crippen LogP contribution in [-0.2, 0) is 0 Å². The minimum absolute atomic E-state index is 1.12. The fraction of sp³-hybridized carbons (Fsp3) is 0.435. The van der Waals surface area contributed by atoms with Gasteiger partial charge in [0.25, 0.3) is 0 Å². The molecule has 1 heterocycles. The summed E-state index contributed by atoms with van der Waals surface area (Å²) in [6.45, 7) is 14.6. The first-order valence-corrected chi connectivity index (χ1v) is 9.79. The highest BCUT2D eigenvalue weighted by atomic mass is 16.4. The largest absolute Gasteiger partial charge is 0.411 e.